The molecule has 3 unspecified atom stereocenters. The van der Waals surface area contributed by atoms with E-state index in [9.17, 15) is 13.2 Å². The van der Waals surface area contributed by atoms with Gasteiger partial charge >= 0.3 is 0 Å². The van der Waals surface area contributed by atoms with E-state index in [2.05, 4.69) is 10.0 Å². The first kappa shape index (κ1) is 21.8. The van der Waals surface area contributed by atoms with E-state index in [1.165, 1.54) is 13.5 Å². The summed E-state index contributed by atoms with van der Waals surface area (Å²) in [6, 6.07) is 13.0. The molecule has 2 aromatic rings. The summed E-state index contributed by atoms with van der Waals surface area (Å²) in [6.45, 7) is 1.75. The van der Waals surface area contributed by atoms with Crippen LogP contribution in [0, 0.1) is 24.2 Å². The van der Waals surface area contributed by atoms with Crippen molar-refractivity contribution in [3.05, 3.63) is 53.6 Å². The highest BCUT2D eigenvalue weighted by Gasteiger charge is 2.55. The Labute approximate surface area is 184 Å². The molecule has 3 atom stereocenters. The topological polar surface area (TPSA) is 84.5 Å². The number of methoxy groups -OCH3 is 1. The van der Waals surface area contributed by atoms with Crippen LogP contribution in [0.5, 0.6) is 5.75 Å². The van der Waals surface area contributed by atoms with Gasteiger partial charge < -0.3 is 10.1 Å². The van der Waals surface area contributed by atoms with Crippen LogP contribution in [0.25, 0.3) is 0 Å². The van der Waals surface area contributed by atoms with Gasteiger partial charge in [0, 0.05) is 5.69 Å². The van der Waals surface area contributed by atoms with Crippen LogP contribution in [0.1, 0.15) is 36.8 Å². The maximum absolute atomic E-state index is 13.7. The maximum Gasteiger partial charge on any atom is 0.240 e. The first-order chi connectivity index (χ1) is 14.8. The van der Waals surface area contributed by atoms with Crippen molar-refractivity contribution in [1.29, 1.82) is 0 Å². The molecule has 166 valence electrons. The Morgan fingerprint density at radius 3 is 2.65 bits per heavy atom. The van der Waals surface area contributed by atoms with Crippen LogP contribution in [-0.4, -0.2) is 28.5 Å². The molecular weight excluding hydrogens is 412 g/mol. The number of sulfonamides is 1. The smallest absolute Gasteiger partial charge is 0.240 e. The Kier molecular flexibility index (Phi) is 5.83. The van der Waals surface area contributed by atoms with Gasteiger partial charge in [0.15, 0.2) is 0 Å². The van der Waals surface area contributed by atoms with Gasteiger partial charge in [-0.1, -0.05) is 24.6 Å². The Morgan fingerprint density at radius 2 is 2.00 bits per heavy atom. The number of rotatable bonds is 7. The lowest BCUT2D eigenvalue weighted by molar-refractivity contribution is -0.128. The Balaban J connectivity index is 1.64. The standard InChI is InChI=1S/C24H30N2O4S/c1-16-7-10-20(13-22(16)31(28,29)25-2)26-23(27)24(15-18-8-9-19(24)11-18)14-17-5-4-6-21(12-17)30-3/h4-7,10,12-13,18-19,25H,8-9,11,14-15H2,1-3H3,(H,26,27). The molecule has 2 aliphatic carbocycles. The molecule has 0 aliphatic heterocycles. The van der Waals surface area contributed by atoms with E-state index in [0.717, 1.165) is 30.6 Å². The first-order valence-electron chi connectivity index (χ1n) is 10.8. The molecule has 4 rings (SSSR count). The second kappa shape index (κ2) is 8.28. The second-order valence-electron chi connectivity index (χ2n) is 8.91. The van der Waals surface area contributed by atoms with Crippen LogP contribution in [0.4, 0.5) is 5.69 Å². The molecule has 2 bridgehead atoms. The third-order valence-electron chi connectivity index (χ3n) is 7.09. The van der Waals surface area contributed by atoms with Gasteiger partial charge in [-0.2, -0.15) is 0 Å². The quantitative estimate of drug-likeness (QED) is 0.681. The van der Waals surface area contributed by atoms with E-state index in [1.54, 1.807) is 32.2 Å². The van der Waals surface area contributed by atoms with Gasteiger partial charge in [0.2, 0.25) is 15.9 Å². The number of amides is 1. The predicted octanol–water partition coefficient (Wildman–Crippen LogP) is 3.90. The van der Waals surface area contributed by atoms with Crippen LogP contribution in [0.2, 0.25) is 0 Å². The summed E-state index contributed by atoms with van der Waals surface area (Å²) in [7, 11) is -0.568. The first-order valence-corrected chi connectivity index (χ1v) is 12.2. The molecule has 1 amide bonds. The zero-order valence-electron chi connectivity index (χ0n) is 18.3. The number of anilines is 1. The van der Waals surface area contributed by atoms with Crippen LogP contribution in [0.3, 0.4) is 0 Å². The van der Waals surface area contributed by atoms with Crippen LogP contribution < -0.4 is 14.8 Å². The molecule has 2 saturated carbocycles. The van der Waals surface area contributed by atoms with Gasteiger partial charge in [0.1, 0.15) is 5.75 Å². The minimum absolute atomic E-state index is 0.0146. The molecule has 2 N–H and O–H groups in total. The van der Waals surface area contributed by atoms with Gasteiger partial charge in [0.25, 0.3) is 0 Å². The fraction of sp³-hybridized carbons (Fsp3) is 0.458. The Hall–Kier alpha value is -2.38. The Bertz CT molecular complexity index is 1100. The molecule has 2 aromatic carbocycles. The average molecular weight is 443 g/mol. The van der Waals surface area contributed by atoms with Crippen LogP contribution >= 0.6 is 0 Å². The molecular formula is C24H30N2O4S. The van der Waals surface area contributed by atoms with Gasteiger partial charge in [-0.15, -0.1) is 0 Å². The third-order valence-corrected chi connectivity index (χ3v) is 8.64. The zero-order valence-corrected chi connectivity index (χ0v) is 19.1. The van der Waals surface area contributed by atoms with Crippen molar-refractivity contribution in [2.45, 2.75) is 43.9 Å². The number of nitrogens with one attached hydrogen (secondary N) is 2. The molecule has 6 nitrogen and oxygen atoms in total. The highest BCUT2D eigenvalue weighted by atomic mass is 32.2. The summed E-state index contributed by atoms with van der Waals surface area (Å²) in [5.74, 6) is 1.70. The molecule has 0 aromatic heterocycles. The molecule has 0 radical (unpaired) electrons. The van der Waals surface area contributed by atoms with Crippen molar-refractivity contribution in [2.75, 3.05) is 19.5 Å². The summed E-state index contributed by atoms with van der Waals surface area (Å²) in [5.41, 5.74) is 1.75. The minimum Gasteiger partial charge on any atom is -0.497 e. The predicted molar refractivity (Wildman–Crippen MR) is 121 cm³/mol. The summed E-state index contributed by atoms with van der Waals surface area (Å²) >= 11 is 0. The molecule has 7 heteroatoms. The summed E-state index contributed by atoms with van der Waals surface area (Å²) in [4.78, 5) is 13.9. The number of hydrogen-bond donors (Lipinski definition) is 2. The average Bonchev–Trinajstić information content (AvgIpc) is 3.37. The lowest BCUT2D eigenvalue weighted by Gasteiger charge is -2.36. The van der Waals surface area contributed by atoms with Crippen LogP contribution in [0.15, 0.2) is 47.4 Å². The van der Waals surface area contributed by atoms with Crippen molar-refractivity contribution >= 4 is 21.6 Å². The fourth-order valence-electron chi connectivity index (χ4n) is 5.50. The van der Waals surface area contributed by atoms with Crippen molar-refractivity contribution in [3.63, 3.8) is 0 Å². The van der Waals surface area contributed by atoms with Crippen molar-refractivity contribution in [2.24, 2.45) is 17.3 Å². The van der Waals surface area contributed by atoms with E-state index < -0.39 is 15.4 Å². The Morgan fingerprint density at radius 1 is 1.19 bits per heavy atom. The van der Waals surface area contributed by atoms with E-state index >= 15 is 0 Å². The van der Waals surface area contributed by atoms with E-state index in [-0.39, 0.29) is 10.8 Å². The van der Waals surface area contributed by atoms with Gasteiger partial charge in [0.05, 0.1) is 17.4 Å². The number of carbonyl (C=O) groups excluding carboxylic acids is 1. The molecule has 2 fully saturated rings. The number of hydrogen-bond acceptors (Lipinski definition) is 4. The lowest BCUT2D eigenvalue weighted by Crippen LogP contribution is -2.42. The van der Waals surface area contributed by atoms with Crippen molar-refractivity contribution < 1.29 is 17.9 Å². The van der Waals surface area contributed by atoms with Gasteiger partial charge in [-0.3, -0.25) is 4.79 Å². The van der Waals surface area contributed by atoms with Gasteiger partial charge in [-0.25, -0.2) is 13.1 Å². The summed E-state index contributed by atoms with van der Waals surface area (Å²) in [5, 5.41) is 3.06. The molecule has 0 saturated heterocycles. The molecule has 2 aliphatic rings. The monoisotopic (exact) mass is 442 g/mol. The fourth-order valence-corrected chi connectivity index (χ4v) is 6.49. The van der Waals surface area contributed by atoms with Crippen molar-refractivity contribution in [1.82, 2.24) is 4.72 Å². The minimum atomic E-state index is -3.60. The number of benzene rings is 2. The zero-order chi connectivity index (χ0) is 22.2. The maximum atomic E-state index is 13.7. The van der Waals surface area contributed by atoms with E-state index in [4.69, 9.17) is 4.74 Å². The lowest BCUT2D eigenvalue weighted by atomic mass is 9.68. The number of fused-ring (bicyclic) bond motifs is 2. The van der Waals surface area contributed by atoms with E-state index in [1.807, 2.05) is 24.3 Å². The largest absolute Gasteiger partial charge is 0.497 e. The van der Waals surface area contributed by atoms with Crippen molar-refractivity contribution in [3.8, 4) is 5.75 Å². The highest BCUT2D eigenvalue weighted by Crippen LogP contribution is 2.57. The third kappa shape index (κ3) is 4.08. The van der Waals surface area contributed by atoms with Crippen LogP contribution in [-0.2, 0) is 21.2 Å². The second-order valence-corrected chi connectivity index (χ2v) is 10.8. The molecule has 0 heterocycles. The number of ether oxygens (including phenoxy) is 1. The highest BCUT2D eigenvalue weighted by molar-refractivity contribution is 7.89. The normalized spacial score (nSPS) is 24.9. The number of carbonyl (C=O) groups is 1. The van der Waals surface area contributed by atoms with Gasteiger partial charge in [-0.05, 0) is 86.9 Å². The molecule has 31 heavy (non-hydrogen) atoms. The summed E-state index contributed by atoms with van der Waals surface area (Å²) < 4.78 is 32.4. The SMILES string of the molecule is CNS(=O)(=O)c1cc(NC(=O)C2(Cc3cccc(OC)c3)CC3CCC2C3)ccc1C. The van der Waals surface area contributed by atoms with E-state index in [0.29, 0.717) is 29.5 Å². The summed E-state index contributed by atoms with van der Waals surface area (Å²) in [6.07, 6.45) is 4.87. The molecule has 0 spiro atoms. The number of aryl methyl sites for hydroxylation is 1.